The molecule has 0 aliphatic carbocycles. The van der Waals surface area contributed by atoms with Gasteiger partial charge in [-0.2, -0.15) is 9.83 Å². The zero-order chi connectivity index (χ0) is 15.1. The van der Waals surface area contributed by atoms with Crippen LogP contribution in [0.3, 0.4) is 0 Å². The number of nitrogens with zero attached hydrogens (tertiary/aromatic N) is 2. The van der Waals surface area contributed by atoms with Crippen LogP contribution in [0.25, 0.3) is 18.2 Å². The first-order chi connectivity index (χ1) is 10.3. The number of nitriles is 1. The number of rotatable bonds is 5. The highest BCUT2D eigenvalue weighted by atomic mass is 15.0. The van der Waals surface area contributed by atoms with E-state index >= 15 is 0 Å². The van der Waals surface area contributed by atoms with Crippen LogP contribution >= 0.6 is 0 Å². The number of pyridine rings is 1. The second-order valence-electron chi connectivity index (χ2n) is 4.59. The maximum Gasteiger partial charge on any atom is 0.205 e. The molecule has 0 spiro atoms. The molecular formula is C18H18N3+. The lowest BCUT2D eigenvalue weighted by molar-refractivity contribution is -0.697. The second-order valence-corrected chi connectivity index (χ2v) is 4.59. The van der Waals surface area contributed by atoms with Gasteiger partial charge in [-0.1, -0.05) is 18.7 Å². The van der Waals surface area contributed by atoms with Crippen LogP contribution in [0.15, 0.2) is 49.0 Å². The molecule has 2 N–H and O–H groups in total. The summed E-state index contributed by atoms with van der Waals surface area (Å²) in [5, 5.41) is 8.93. The van der Waals surface area contributed by atoms with Gasteiger partial charge in [0.15, 0.2) is 6.54 Å². The Morgan fingerprint density at radius 2 is 1.90 bits per heavy atom. The van der Waals surface area contributed by atoms with Crippen molar-refractivity contribution in [1.29, 1.82) is 5.26 Å². The van der Waals surface area contributed by atoms with Crippen LogP contribution in [-0.2, 0) is 6.54 Å². The Hall–Kier alpha value is -2.70. The van der Waals surface area contributed by atoms with E-state index in [4.69, 9.17) is 11.0 Å². The number of hydrogen-bond donors (Lipinski definition) is 1. The van der Waals surface area contributed by atoms with Crippen LogP contribution in [0.4, 0.5) is 0 Å². The highest BCUT2D eigenvalue weighted by Crippen LogP contribution is 2.09. The second kappa shape index (κ2) is 7.18. The van der Waals surface area contributed by atoms with Gasteiger partial charge in [-0.25, -0.2) is 0 Å². The van der Waals surface area contributed by atoms with Gasteiger partial charge in [-0.05, 0) is 29.8 Å². The van der Waals surface area contributed by atoms with Crippen molar-refractivity contribution in [3.8, 4) is 6.07 Å². The van der Waals surface area contributed by atoms with Gasteiger partial charge in [0, 0.05) is 24.3 Å². The van der Waals surface area contributed by atoms with E-state index in [2.05, 4.69) is 17.2 Å². The molecule has 3 nitrogen and oxygen atoms in total. The van der Waals surface area contributed by atoms with Gasteiger partial charge in [0.2, 0.25) is 11.4 Å². The lowest BCUT2D eigenvalue weighted by Crippen LogP contribution is -2.43. The van der Waals surface area contributed by atoms with Gasteiger partial charge >= 0.3 is 0 Å². The van der Waals surface area contributed by atoms with E-state index in [0.29, 0.717) is 12.1 Å². The molecule has 0 atom stereocenters. The molecule has 2 rings (SSSR count). The molecule has 0 aliphatic rings. The molecule has 0 unspecified atom stereocenters. The Morgan fingerprint density at radius 1 is 1.14 bits per heavy atom. The Balaban J connectivity index is 2.36. The Morgan fingerprint density at radius 3 is 2.62 bits per heavy atom. The minimum atomic E-state index is 0.570. The first-order valence-electron chi connectivity index (χ1n) is 6.82. The van der Waals surface area contributed by atoms with Crippen molar-refractivity contribution >= 4 is 18.2 Å². The summed E-state index contributed by atoms with van der Waals surface area (Å²) in [5.41, 5.74) is 9.43. The third-order valence-corrected chi connectivity index (χ3v) is 3.18. The third kappa shape index (κ3) is 3.65. The van der Waals surface area contributed by atoms with E-state index in [1.165, 1.54) is 0 Å². The molecule has 3 heteroatoms. The number of nitrogens with two attached hydrogens (primary N) is 1. The number of aromatic nitrogens is 1. The van der Waals surface area contributed by atoms with Crippen LogP contribution in [0.1, 0.15) is 22.5 Å². The normalized spacial score (nSPS) is 10.5. The minimum Gasteiger partial charge on any atom is -0.325 e. The number of benzene rings is 1. The quantitative estimate of drug-likeness (QED) is 0.853. The Kier molecular flexibility index (Phi) is 5.03. The SMILES string of the molecule is C=Cc1cccc(/C=C/c2cccc(C#N)c2)[n+]1CCN. The van der Waals surface area contributed by atoms with Crippen LogP contribution in [0.5, 0.6) is 0 Å². The van der Waals surface area contributed by atoms with Crippen LogP contribution in [0, 0.1) is 11.3 Å². The Bertz CT molecular complexity index is 709. The maximum atomic E-state index is 8.93. The first kappa shape index (κ1) is 14.7. The van der Waals surface area contributed by atoms with E-state index in [1.807, 2.05) is 54.6 Å². The fraction of sp³-hybridized carbons (Fsp3) is 0.111. The summed E-state index contributed by atoms with van der Waals surface area (Å²) in [6.45, 7) is 5.14. The van der Waals surface area contributed by atoms with Gasteiger partial charge in [0.1, 0.15) is 0 Å². The fourth-order valence-corrected chi connectivity index (χ4v) is 2.18. The van der Waals surface area contributed by atoms with Gasteiger partial charge in [0.25, 0.3) is 0 Å². The molecule has 0 fully saturated rings. The van der Waals surface area contributed by atoms with Crippen molar-refractivity contribution in [3.63, 3.8) is 0 Å². The van der Waals surface area contributed by atoms with Crippen molar-refractivity contribution < 1.29 is 4.57 Å². The highest BCUT2D eigenvalue weighted by Gasteiger charge is 2.10. The molecule has 2 aromatic rings. The average Bonchev–Trinajstić information content (AvgIpc) is 2.54. The maximum absolute atomic E-state index is 8.93. The van der Waals surface area contributed by atoms with Gasteiger partial charge < -0.3 is 5.73 Å². The predicted octanol–water partition coefficient (Wildman–Crippen LogP) is 2.62. The van der Waals surface area contributed by atoms with Gasteiger partial charge in [-0.3, -0.25) is 0 Å². The lowest BCUT2D eigenvalue weighted by Gasteiger charge is -2.03. The molecule has 1 aromatic heterocycles. The summed E-state index contributed by atoms with van der Waals surface area (Å²) >= 11 is 0. The summed E-state index contributed by atoms with van der Waals surface area (Å²) in [7, 11) is 0. The summed E-state index contributed by atoms with van der Waals surface area (Å²) in [6.07, 6.45) is 5.85. The molecule has 21 heavy (non-hydrogen) atoms. The van der Waals surface area contributed by atoms with Crippen molar-refractivity contribution in [3.05, 3.63) is 71.6 Å². The van der Waals surface area contributed by atoms with Crippen molar-refractivity contribution in [2.45, 2.75) is 6.54 Å². The standard InChI is InChI=1S/C18H18N3/c1-2-17-7-4-8-18(21(17)12-11-19)10-9-15-5-3-6-16(13-15)14-20/h2-10,13H,1,11-12,19H2/q+1/b10-9+. The van der Waals surface area contributed by atoms with Gasteiger partial charge in [-0.15, -0.1) is 0 Å². The molecule has 1 aromatic carbocycles. The zero-order valence-corrected chi connectivity index (χ0v) is 11.9. The van der Waals surface area contributed by atoms with Crippen LogP contribution < -0.4 is 10.3 Å². The molecule has 0 radical (unpaired) electrons. The molecule has 0 aliphatic heterocycles. The summed E-state index contributed by atoms with van der Waals surface area (Å²) < 4.78 is 2.12. The molecule has 104 valence electrons. The predicted molar refractivity (Wildman–Crippen MR) is 85.9 cm³/mol. The summed E-state index contributed by atoms with van der Waals surface area (Å²) in [6, 6.07) is 15.7. The lowest BCUT2D eigenvalue weighted by atomic mass is 10.1. The summed E-state index contributed by atoms with van der Waals surface area (Å²) in [5.74, 6) is 0. The fourth-order valence-electron chi connectivity index (χ4n) is 2.18. The zero-order valence-electron chi connectivity index (χ0n) is 11.9. The largest absolute Gasteiger partial charge is 0.325 e. The van der Waals surface area contributed by atoms with E-state index in [1.54, 1.807) is 6.07 Å². The van der Waals surface area contributed by atoms with E-state index in [9.17, 15) is 0 Å². The number of hydrogen-bond acceptors (Lipinski definition) is 2. The summed E-state index contributed by atoms with van der Waals surface area (Å²) in [4.78, 5) is 0. The molecule has 0 saturated heterocycles. The molecule has 0 saturated carbocycles. The van der Waals surface area contributed by atoms with E-state index in [0.717, 1.165) is 23.5 Å². The third-order valence-electron chi connectivity index (χ3n) is 3.18. The van der Waals surface area contributed by atoms with E-state index in [-0.39, 0.29) is 0 Å². The monoisotopic (exact) mass is 276 g/mol. The highest BCUT2D eigenvalue weighted by molar-refractivity contribution is 5.67. The molecule has 0 amide bonds. The first-order valence-corrected chi connectivity index (χ1v) is 6.82. The average molecular weight is 276 g/mol. The van der Waals surface area contributed by atoms with Crippen molar-refractivity contribution in [1.82, 2.24) is 0 Å². The Labute approximate surface area is 125 Å². The topological polar surface area (TPSA) is 53.7 Å². The minimum absolute atomic E-state index is 0.570. The van der Waals surface area contributed by atoms with Gasteiger partial charge in [0.05, 0.1) is 18.2 Å². The van der Waals surface area contributed by atoms with Crippen LogP contribution in [0.2, 0.25) is 0 Å². The van der Waals surface area contributed by atoms with Crippen molar-refractivity contribution in [2.24, 2.45) is 5.73 Å². The molecule has 0 bridgehead atoms. The van der Waals surface area contributed by atoms with Crippen molar-refractivity contribution in [2.75, 3.05) is 6.54 Å². The van der Waals surface area contributed by atoms with E-state index < -0.39 is 0 Å². The molecule has 1 heterocycles. The smallest absolute Gasteiger partial charge is 0.205 e. The molecular weight excluding hydrogens is 258 g/mol. The van der Waals surface area contributed by atoms with Crippen LogP contribution in [-0.4, -0.2) is 6.54 Å².